The van der Waals surface area contributed by atoms with E-state index in [0.29, 0.717) is 12.6 Å². The van der Waals surface area contributed by atoms with Crippen LogP contribution in [0.5, 0.6) is 0 Å². The molecule has 2 atom stereocenters. The molecule has 2 heterocycles. The van der Waals surface area contributed by atoms with Gasteiger partial charge in [-0.25, -0.2) is 0 Å². The lowest BCUT2D eigenvalue weighted by Gasteiger charge is -2.25. The third-order valence-electron chi connectivity index (χ3n) is 3.67. The van der Waals surface area contributed by atoms with Crippen LogP contribution < -0.4 is 5.32 Å². The van der Waals surface area contributed by atoms with Gasteiger partial charge in [0.25, 0.3) is 0 Å². The summed E-state index contributed by atoms with van der Waals surface area (Å²) in [6.07, 6.45) is 7.01. The zero-order chi connectivity index (χ0) is 15.1. The highest BCUT2D eigenvalue weighted by atomic mass is 32.1. The maximum atomic E-state index is 10.5. The van der Waals surface area contributed by atoms with Gasteiger partial charge in [0.05, 0.1) is 0 Å². The Kier molecular flexibility index (Phi) is 5.91. The topological polar surface area (TPSA) is 45.2 Å². The summed E-state index contributed by atoms with van der Waals surface area (Å²) in [6, 6.07) is 8.46. The third kappa shape index (κ3) is 5.23. The summed E-state index contributed by atoms with van der Waals surface area (Å²) in [4.78, 5) is 5.14. The Bertz CT molecular complexity index is 511. The van der Waals surface area contributed by atoms with Crippen LogP contribution in [0.1, 0.15) is 37.1 Å². The second kappa shape index (κ2) is 7.69. The van der Waals surface area contributed by atoms with Crippen LogP contribution in [-0.2, 0) is 12.0 Å². The zero-order valence-corrected chi connectivity index (χ0v) is 13.6. The molecule has 0 saturated heterocycles. The number of pyridine rings is 1. The molecule has 0 spiro atoms. The molecule has 3 nitrogen and oxygen atoms in total. The van der Waals surface area contributed by atoms with Gasteiger partial charge in [-0.15, -0.1) is 11.3 Å². The molecular formula is C17H24N2OS. The number of nitrogens with zero attached hydrogens (tertiary/aromatic N) is 1. The summed E-state index contributed by atoms with van der Waals surface area (Å²) in [5, 5.41) is 15.9. The van der Waals surface area contributed by atoms with Crippen molar-refractivity contribution >= 4 is 11.3 Å². The lowest BCUT2D eigenvalue weighted by molar-refractivity contribution is 0.0577. The quantitative estimate of drug-likeness (QED) is 0.786. The minimum Gasteiger partial charge on any atom is -0.383 e. The summed E-state index contributed by atoms with van der Waals surface area (Å²) in [5.41, 5.74) is 0.501. The molecule has 0 aliphatic heterocycles. The Morgan fingerprint density at radius 2 is 2.24 bits per heavy atom. The number of aryl methyl sites for hydroxylation is 1. The lowest BCUT2D eigenvalue weighted by atomic mass is 10.0. The van der Waals surface area contributed by atoms with E-state index in [1.165, 1.54) is 5.56 Å². The molecule has 114 valence electrons. The molecule has 0 aliphatic rings. The molecule has 2 aromatic heterocycles. The normalized spacial score (nSPS) is 15.6. The van der Waals surface area contributed by atoms with Crippen molar-refractivity contribution in [2.45, 2.75) is 44.8 Å². The van der Waals surface area contributed by atoms with E-state index in [1.54, 1.807) is 17.5 Å². The van der Waals surface area contributed by atoms with E-state index in [0.717, 1.165) is 24.1 Å². The number of thiophene rings is 1. The van der Waals surface area contributed by atoms with Crippen LogP contribution in [-0.4, -0.2) is 22.7 Å². The Morgan fingerprint density at radius 1 is 1.38 bits per heavy atom. The van der Waals surface area contributed by atoms with Crippen molar-refractivity contribution in [3.8, 4) is 0 Å². The van der Waals surface area contributed by atoms with E-state index in [9.17, 15) is 5.11 Å². The fourth-order valence-corrected chi connectivity index (χ4v) is 3.09. The first-order valence-corrected chi connectivity index (χ1v) is 8.34. The van der Waals surface area contributed by atoms with Gasteiger partial charge in [-0.05, 0) is 56.2 Å². The van der Waals surface area contributed by atoms with Gasteiger partial charge in [0.15, 0.2) is 0 Å². The molecule has 0 saturated carbocycles. The summed E-state index contributed by atoms with van der Waals surface area (Å²) in [7, 11) is 0. The first-order valence-electron chi connectivity index (χ1n) is 7.46. The molecule has 2 aromatic rings. The summed E-state index contributed by atoms with van der Waals surface area (Å²) in [5.74, 6) is 0. The predicted molar refractivity (Wildman–Crippen MR) is 88.5 cm³/mol. The number of aromatic nitrogens is 1. The zero-order valence-electron chi connectivity index (χ0n) is 12.7. The van der Waals surface area contributed by atoms with Gasteiger partial charge in [-0.2, -0.15) is 0 Å². The van der Waals surface area contributed by atoms with Gasteiger partial charge in [0.2, 0.25) is 0 Å². The van der Waals surface area contributed by atoms with Crippen LogP contribution in [0.15, 0.2) is 42.0 Å². The van der Waals surface area contributed by atoms with Crippen LogP contribution in [0.25, 0.3) is 0 Å². The van der Waals surface area contributed by atoms with E-state index < -0.39 is 5.60 Å². The largest absolute Gasteiger partial charge is 0.383 e. The molecule has 4 heteroatoms. The molecule has 2 unspecified atom stereocenters. The fraction of sp³-hybridized carbons (Fsp3) is 0.471. The van der Waals surface area contributed by atoms with Crippen LogP contribution in [0, 0.1) is 0 Å². The van der Waals surface area contributed by atoms with Crippen LogP contribution in [0.2, 0.25) is 0 Å². The van der Waals surface area contributed by atoms with E-state index in [4.69, 9.17) is 0 Å². The van der Waals surface area contributed by atoms with Gasteiger partial charge < -0.3 is 10.4 Å². The standard InChI is InChI=1S/C17H24N2OS/c1-14(6-3-7-15-8-4-10-18-12-15)19-13-17(2,20)16-9-5-11-21-16/h4-5,8-12,14,19-20H,3,6-7,13H2,1-2H3. The van der Waals surface area contributed by atoms with E-state index >= 15 is 0 Å². The highest BCUT2D eigenvalue weighted by Crippen LogP contribution is 2.24. The van der Waals surface area contributed by atoms with Crippen molar-refractivity contribution in [1.82, 2.24) is 10.3 Å². The molecule has 2 rings (SSSR count). The first-order chi connectivity index (χ1) is 10.1. The maximum absolute atomic E-state index is 10.5. The second-order valence-corrected chi connectivity index (χ2v) is 6.73. The van der Waals surface area contributed by atoms with Crippen molar-refractivity contribution < 1.29 is 5.11 Å². The molecule has 0 bridgehead atoms. The fourth-order valence-electron chi connectivity index (χ4n) is 2.31. The van der Waals surface area contributed by atoms with Gasteiger partial charge in [0.1, 0.15) is 5.60 Å². The molecule has 0 fully saturated rings. The van der Waals surface area contributed by atoms with Crippen molar-refractivity contribution in [2.24, 2.45) is 0 Å². The average molecular weight is 304 g/mol. The summed E-state index contributed by atoms with van der Waals surface area (Å²) >= 11 is 1.60. The second-order valence-electron chi connectivity index (χ2n) is 5.79. The molecule has 0 aliphatic carbocycles. The highest BCUT2D eigenvalue weighted by molar-refractivity contribution is 7.10. The van der Waals surface area contributed by atoms with Gasteiger partial charge in [-0.1, -0.05) is 12.1 Å². The Balaban J connectivity index is 1.69. The SMILES string of the molecule is CC(CCCc1cccnc1)NCC(C)(O)c1cccs1. The molecule has 2 N–H and O–H groups in total. The molecule has 0 radical (unpaired) electrons. The number of nitrogens with one attached hydrogen (secondary N) is 1. The number of hydrogen-bond acceptors (Lipinski definition) is 4. The first kappa shape index (κ1) is 16.1. The molecule has 0 aromatic carbocycles. The van der Waals surface area contributed by atoms with Crippen molar-refractivity contribution in [1.29, 1.82) is 0 Å². The van der Waals surface area contributed by atoms with Crippen molar-refractivity contribution in [3.05, 3.63) is 52.5 Å². The summed E-state index contributed by atoms with van der Waals surface area (Å²) in [6.45, 7) is 4.63. The number of aliphatic hydroxyl groups is 1. The Hall–Kier alpha value is -1.23. The van der Waals surface area contributed by atoms with E-state index in [-0.39, 0.29) is 0 Å². The number of hydrogen-bond donors (Lipinski definition) is 2. The molecular weight excluding hydrogens is 280 g/mol. The predicted octanol–water partition coefficient (Wildman–Crippen LogP) is 3.35. The Labute approximate surface area is 131 Å². The van der Waals surface area contributed by atoms with E-state index in [1.807, 2.05) is 36.7 Å². The van der Waals surface area contributed by atoms with Gasteiger partial charge >= 0.3 is 0 Å². The minimum atomic E-state index is -0.786. The number of rotatable bonds is 8. The lowest BCUT2D eigenvalue weighted by Crippen LogP contribution is -2.39. The molecule has 21 heavy (non-hydrogen) atoms. The third-order valence-corrected chi connectivity index (χ3v) is 4.80. The smallest absolute Gasteiger partial charge is 0.108 e. The maximum Gasteiger partial charge on any atom is 0.108 e. The van der Waals surface area contributed by atoms with Crippen LogP contribution >= 0.6 is 11.3 Å². The van der Waals surface area contributed by atoms with E-state index in [2.05, 4.69) is 23.3 Å². The molecule has 0 amide bonds. The monoisotopic (exact) mass is 304 g/mol. The summed E-state index contributed by atoms with van der Waals surface area (Å²) < 4.78 is 0. The highest BCUT2D eigenvalue weighted by Gasteiger charge is 2.24. The van der Waals surface area contributed by atoms with Crippen LogP contribution in [0.4, 0.5) is 0 Å². The minimum absolute atomic E-state index is 0.396. The Morgan fingerprint density at radius 3 is 2.90 bits per heavy atom. The van der Waals surface area contributed by atoms with Crippen molar-refractivity contribution in [3.63, 3.8) is 0 Å². The van der Waals surface area contributed by atoms with Crippen molar-refractivity contribution in [2.75, 3.05) is 6.54 Å². The average Bonchev–Trinajstić information content (AvgIpc) is 3.01. The van der Waals surface area contributed by atoms with Gasteiger partial charge in [-0.3, -0.25) is 4.98 Å². The van der Waals surface area contributed by atoms with Gasteiger partial charge in [0, 0.05) is 29.9 Å². The van der Waals surface area contributed by atoms with Crippen LogP contribution in [0.3, 0.4) is 0 Å².